The van der Waals surface area contributed by atoms with Gasteiger partial charge >= 0.3 is 0 Å². The van der Waals surface area contributed by atoms with E-state index in [0.29, 0.717) is 0 Å². The van der Waals surface area contributed by atoms with Crippen molar-refractivity contribution in [1.29, 1.82) is 0 Å². The smallest absolute Gasteiger partial charge is 0.143 e. The van der Waals surface area contributed by atoms with Crippen molar-refractivity contribution in [2.45, 2.75) is 0 Å². The van der Waals surface area contributed by atoms with Crippen molar-refractivity contribution in [3.8, 4) is 44.7 Å². The molecule has 228 valence electrons. The van der Waals surface area contributed by atoms with Gasteiger partial charge in [-0.25, -0.2) is 0 Å². The molecule has 0 fully saturated rings. The first kappa shape index (κ1) is 12.5. The maximum absolute atomic E-state index is 9.99. The minimum atomic E-state index is -0.998. The summed E-state index contributed by atoms with van der Waals surface area (Å²) in [7, 11) is 0. The zero-order valence-electron chi connectivity index (χ0n) is 49.8. The summed E-state index contributed by atoms with van der Waals surface area (Å²) >= 11 is 0. The molecule has 1 nitrogen and oxygen atoms in total. The highest BCUT2D eigenvalue weighted by Gasteiger charge is 2.25. The first-order valence-electron chi connectivity index (χ1n) is 27.3. The van der Waals surface area contributed by atoms with Crippen LogP contribution in [0.15, 0.2) is 186 Å². The molecule has 0 spiro atoms. The van der Waals surface area contributed by atoms with E-state index in [9.17, 15) is 13.7 Å². The maximum Gasteiger partial charge on any atom is 0.143 e. The van der Waals surface area contributed by atoms with E-state index in [1.165, 1.54) is 12.1 Å². The third kappa shape index (κ3) is 4.33. The average Bonchev–Trinajstić information content (AvgIpc) is 3.76. The van der Waals surface area contributed by atoms with E-state index in [4.69, 9.17) is 25.0 Å². The van der Waals surface area contributed by atoms with Crippen LogP contribution in [0, 0.1) is 0 Å². The normalized spacial score (nSPS) is 18.8. The van der Waals surface area contributed by atoms with Gasteiger partial charge < -0.3 is 4.42 Å². The molecule has 0 aliphatic heterocycles. The number of hydrogen-bond acceptors (Lipinski definition) is 1. The Kier molecular flexibility index (Phi) is 2.84. The lowest BCUT2D eigenvalue weighted by molar-refractivity contribution is 0.633. The first-order chi connectivity index (χ1) is 34.7. The Labute approximate surface area is 319 Å². The Bertz CT molecular complexity index is 4190. The molecule has 0 saturated carbocycles. The fourth-order valence-electron chi connectivity index (χ4n) is 6.19. The molecule has 0 bridgehead atoms. The van der Waals surface area contributed by atoms with Crippen molar-refractivity contribution in [3.05, 3.63) is 181 Å². The van der Waals surface area contributed by atoms with Crippen molar-refractivity contribution in [1.82, 2.24) is 0 Å². The topological polar surface area (TPSA) is 13.1 Å². The van der Waals surface area contributed by atoms with Gasteiger partial charge in [-0.05, 0) is 65.8 Å². The van der Waals surface area contributed by atoms with E-state index in [-0.39, 0.29) is 21.9 Å². The average molecular weight is 648 g/mol. The van der Waals surface area contributed by atoms with Crippen molar-refractivity contribution in [2.24, 2.45) is 0 Å². The van der Waals surface area contributed by atoms with E-state index in [1.54, 1.807) is 18.2 Å². The highest BCUT2D eigenvalue weighted by atomic mass is 16.3. The Hall–Kier alpha value is -6.44. The molecule has 10 aromatic rings. The van der Waals surface area contributed by atoms with Crippen LogP contribution in [0.2, 0.25) is 0 Å². The van der Waals surface area contributed by atoms with Crippen molar-refractivity contribution in [2.75, 3.05) is 0 Å². The van der Waals surface area contributed by atoms with Crippen LogP contribution in [0.3, 0.4) is 0 Å². The van der Waals surface area contributed by atoms with Gasteiger partial charge in [-0.1, -0.05) is 175 Å². The molecule has 0 amide bonds. The molecule has 9 aromatic carbocycles. The van der Waals surface area contributed by atoms with Gasteiger partial charge in [0.1, 0.15) is 11.3 Å². The van der Waals surface area contributed by atoms with Crippen LogP contribution in [0.4, 0.5) is 0 Å². The zero-order valence-corrected chi connectivity index (χ0v) is 24.8. The predicted molar refractivity (Wildman–Crippen MR) is 208 cm³/mol. The summed E-state index contributed by atoms with van der Waals surface area (Å²) in [6.45, 7) is 0. The van der Waals surface area contributed by atoms with Crippen LogP contribution in [0.1, 0.15) is 34.3 Å². The van der Waals surface area contributed by atoms with E-state index < -0.39 is 228 Å². The van der Waals surface area contributed by atoms with Gasteiger partial charge in [0.25, 0.3) is 0 Å². The fraction of sp³-hybridized carbons (Fsp3) is 0. The lowest BCUT2D eigenvalue weighted by Crippen LogP contribution is -1.91. The second-order valence-electron chi connectivity index (χ2n) is 10.9. The number of rotatable bonds is 4. The molecule has 0 unspecified atom stereocenters. The van der Waals surface area contributed by atoms with Crippen LogP contribution in [0.5, 0.6) is 0 Å². The third-order valence-electron chi connectivity index (χ3n) is 8.24. The lowest BCUT2D eigenvalue weighted by atomic mass is 9.84. The highest BCUT2D eigenvalue weighted by molar-refractivity contribution is 6.25. The van der Waals surface area contributed by atoms with Gasteiger partial charge in [0, 0.05) is 27.6 Å². The number of para-hydroxylation sites is 1. The Morgan fingerprint density at radius 1 is 0.367 bits per heavy atom. The van der Waals surface area contributed by atoms with Gasteiger partial charge in [0.05, 0.1) is 34.3 Å². The van der Waals surface area contributed by atoms with E-state index in [0.717, 1.165) is 0 Å². The summed E-state index contributed by atoms with van der Waals surface area (Å²) in [4.78, 5) is 0. The largest absolute Gasteiger partial charge is 0.455 e. The summed E-state index contributed by atoms with van der Waals surface area (Å²) in [6, 6.07) is -13.9. The second kappa shape index (κ2) is 11.1. The molecular formula is C48H30O. The number of hydrogen-bond donors (Lipinski definition) is 0. The van der Waals surface area contributed by atoms with E-state index in [1.807, 2.05) is 0 Å². The Morgan fingerprint density at radius 3 is 1.65 bits per heavy atom. The van der Waals surface area contributed by atoms with Crippen LogP contribution < -0.4 is 0 Å². The number of fused-ring (bicyclic) bond motifs is 6. The third-order valence-corrected chi connectivity index (χ3v) is 8.24. The minimum Gasteiger partial charge on any atom is -0.455 e. The van der Waals surface area contributed by atoms with Crippen LogP contribution in [-0.4, -0.2) is 0 Å². The molecule has 10 rings (SSSR count). The molecule has 49 heavy (non-hydrogen) atoms. The summed E-state index contributed by atoms with van der Waals surface area (Å²) in [6.07, 6.45) is 0. The molecular weight excluding hydrogens is 593 g/mol. The van der Waals surface area contributed by atoms with Crippen molar-refractivity contribution in [3.63, 3.8) is 0 Å². The van der Waals surface area contributed by atoms with Gasteiger partial charge in [-0.15, -0.1) is 0 Å². The van der Waals surface area contributed by atoms with Gasteiger partial charge in [0.2, 0.25) is 0 Å². The predicted octanol–water partition coefficient (Wildman–Crippen LogP) is 13.7. The standard InChI is InChI=1S/C48H30O/c1-3-14-31(15-4-1)37-24-13-25-42-46(47(49-48(37)42)35-29-28-33-27-26-32-16-7-8-19-36(32)43(33)30-35)45-40-22-11-9-20-38(40)44(34-17-5-2-6-18-34)39-21-10-12-23-41(39)45/h1-30H/i1D,3D,4D,7D,8D,9D,10D,11D,12D,13D,14D,15D,16D,19D,20D,21D,22D,23D,24D,25D,26D,27D,28D,29D,30D. The van der Waals surface area contributed by atoms with Crippen LogP contribution >= 0.6 is 0 Å². The molecule has 0 saturated heterocycles. The summed E-state index contributed by atoms with van der Waals surface area (Å²) < 4.78 is 234. The van der Waals surface area contributed by atoms with Crippen molar-refractivity contribution < 1.29 is 38.7 Å². The fourth-order valence-corrected chi connectivity index (χ4v) is 6.19. The molecule has 1 heterocycles. The van der Waals surface area contributed by atoms with Crippen LogP contribution in [0.25, 0.3) is 98.8 Å². The molecule has 0 aliphatic carbocycles. The molecule has 0 N–H and O–H groups in total. The summed E-state index contributed by atoms with van der Waals surface area (Å²) in [5, 5.41) is -4.71. The molecule has 1 aromatic heterocycles. The van der Waals surface area contributed by atoms with E-state index in [2.05, 4.69) is 0 Å². The second-order valence-corrected chi connectivity index (χ2v) is 10.9. The quantitative estimate of drug-likeness (QED) is 0.137. The first-order valence-corrected chi connectivity index (χ1v) is 14.8. The molecule has 0 atom stereocenters. The van der Waals surface area contributed by atoms with Gasteiger partial charge in [-0.2, -0.15) is 0 Å². The number of benzene rings is 9. The summed E-state index contributed by atoms with van der Waals surface area (Å²) in [5.41, 5.74) is -4.26. The monoisotopic (exact) mass is 647 g/mol. The minimum absolute atomic E-state index is 0.121. The Balaban J connectivity index is 1.61. The van der Waals surface area contributed by atoms with Crippen molar-refractivity contribution >= 4 is 54.1 Å². The van der Waals surface area contributed by atoms with E-state index >= 15 is 0 Å². The summed E-state index contributed by atoms with van der Waals surface area (Å²) in [5.74, 6) is -0.858. The SMILES string of the molecule is [2H]c1c([2H])c([2H])c(-c2c([2H])c([2H])c([2H])c3c(-c4c5c([2H])c([2H])c([2H])c([2H])c5c(-c5ccccc5)c5c([2H])c([2H])c([2H])c([2H])c45)c(-c4c([2H])c([2H])c5c([2H])c([2H])c6c([2H])c([2H])c([2H])c([2H])c6c5c4[2H])oc23)c([2H])c1[2H]. The molecule has 0 radical (unpaired) electrons. The maximum atomic E-state index is 9.99. The molecule has 1 heteroatoms. The van der Waals surface area contributed by atoms with Gasteiger partial charge in [-0.3, -0.25) is 0 Å². The number of furan rings is 1. The van der Waals surface area contributed by atoms with Gasteiger partial charge in [0.15, 0.2) is 0 Å². The highest BCUT2D eigenvalue weighted by Crippen LogP contribution is 2.51. The zero-order chi connectivity index (χ0) is 54.1. The van der Waals surface area contributed by atoms with Crippen LogP contribution in [-0.2, 0) is 0 Å². The molecule has 0 aliphatic rings. The lowest BCUT2D eigenvalue weighted by Gasteiger charge is -2.18. The Morgan fingerprint density at radius 2 is 0.939 bits per heavy atom.